The second-order valence-electron chi connectivity index (χ2n) is 7.65. The fraction of sp³-hybridized carbons (Fsp3) is 0.650. The van der Waals surface area contributed by atoms with Gasteiger partial charge in [-0.15, -0.1) is 0 Å². The lowest BCUT2D eigenvalue weighted by Gasteiger charge is -2.36. The summed E-state index contributed by atoms with van der Waals surface area (Å²) in [5.41, 5.74) is 7.48. The number of hydrogen-bond acceptors (Lipinski definition) is 4. The molecule has 0 bridgehead atoms. The molecule has 1 aromatic rings. The second-order valence-corrected chi connectivity index (χ2v) is 7.65. The van der Waals surface area contributed by atoms with Crippen molar-refractivity contribution in [3.63, 3.8) is 0 Å². The molecule has 2 saturated heterocycles. The number of rotatable bonds is 5. The van der Waals surface area contributed by atoms with E-state index < -0.39 is 0 Å². The molecular weight excluding hydrogens is 312 g/mol. The van der Waals surface area contributed by atoms with Crippen molar-refractivity contribution >= 4 is 11.6 Å². The van der Waals surface area contributed by atoms with E-state index >= 15 is 0 Å². The molecule has 3 rings (SSSR count). The summed E-state index contributed by atoms with van der Waals surface area (Å²) < 4.78 is 0. The van der Waals surface area contributed by atoms with E-state index in [4.69, 9.17) is 5.73 Å². The van der Waals surface area contributed by atoms with Gasteiger partial charge in [0.1, 0.15) is 0 Å². The molecule has 2 aliphatic heterocycles. The summed E-state index contributed by atoms with van der Waals surface area (Å²) in [5, 5.41) is 0. The van der Waals surface area contributed by atoms with E-state index in [1.54, 1.807) is 0 Å². The number of carbonyl (C=O) groups is 1. The molecule has 2 unspecified atom stereocenters. The lowest BCUT2D eigenvalue weighted by atomic mass is 10.1. The first-order chi connectivity index (χ1) is 12.0. The summed E-state index contributed by atoms with van der Waals surface area (Å²) in [6, 6.07) is 9.06. The van der Waals surface area contributed by atoms with Gasteiger partial charge < -0.3 is 10.6 Å². The normalized spacial score (nSPS) is 25.4. The van der Waals surface area contributed by atoms with Crippen molar-refractivity contribution in [2.75, 3.05) is 45.0 Å². The number of amides is 1. The van der Waals surface area contributed by atoms with E-state index in [9.17, 15) is 4.79 Å². The number of nitrogens with two attached hydrogens (primary N) is 1. The maximum Gasteiger partial charge on any atom is 0.227 e. The van der Waals surface area contributed by atoms with Crippen LogP contribution in [-0.4, -0.2) is 72.0 Å². The predicted molar refractivity (Wildman–Crippen MR) is 102 cm³/mol. The number of nitrogen functional groups attached to an aromatic ring is 1. The Kier molecular flexibility index (Phi) is 5.97. The maximum absolute atomic E-state index is 12.5. The summed E-state index contributed by atoms with van der Waals surface area (Å²) in [7, 11) is 0. The van der Waals surface area contributed by atoms with Crippen LogP contribution in [-0.2, 0) is 11.2 Å². The van der Waals surface area contributed by atoms with Crippen molar-refractivity contribution in [3.05, 3.63) is 29.8 Å². The van der Waals surface area contributed by atoms with Gasteiger partial charge in [0.2, 0.25) is 5.91 Å². The number of piperazine rings is 1. The molecule has 0 saturated carbocycles. The third-order valence-electron chi connectivity index (χ3n) is 5.87. The Morgan fingerprint density at radius 2 is 1.60 bits per heavy atom. The smallest absolute Gasteiger partial charge is 0.227 e. The van der Waals surface area contributed by atoms with Crippen molar-refractivity contribution in [1.29, 1.82) is 0 Å². The van der Waals surface area contributed by atoms with Crippen LogP contribution in [0.1, 0.15) is 32.3 Å². The Bertz CT molecular complexity index is 556. The minimum atomic E-state index is 0.228. The van der Waals surface area contributed by atoms with Crippen LogP contribution in [0.25, 0.3) is 0 Å². The van der Waals surface area contributed by atoms with Crippen LogP contribution >= 0.6 is 0 Å². The van der Waals surface area contributed by atoms with Crippen molar-refractivity contribution < 1.29 is 4.79 Å². The molecule has 0 radical (unpaired) electrons. The SMILES string of the molecule is CC1CCC(C)N1CCN1CCN(C(=O)Cc2ccc(N)cc2)CC1. The van der Waals surface area contributed by atoms with Gasteiger partial charge in [0, 0.05) is 57.0 Å². The molecular formula is C20H32N4O. The number of likely N-dealkylation sites (tertiary alicyclic amines) is 1. The van der Waals surface area contributed by atoms with E-state index in [-0.39, 0.29) is 5.91 Å². The molecule has 2 N–H and O–H groups in total. The number of hydrogen-bond donors (Lipinski definition) is 1. The molecule has 2 heterocycles. The van der Waals surface area contributed by atoms with Gasteiger partial charge in [-0.1, -0.05) is 12.1 Å². The molecule has 1 amide bonds. The largest absolute Gasteiger partial charge is 0.399 e. The highest BCUT2D eigenvalue weighted by atomic mass is 16.2. The van der Waals surface area contributed by atoms with Crippen LogP contribution < -0.4 is 5.73 Å². The standard InChI is InChI=1S/C20H32N4O/c1-16-3-4-17(2)24(16)14-11-22-9-12-23(13-10-22)20(25)15-18-5-7-19(21)8-6-18/h5-8,16-17H,3-4,9-15,21H2,1-2H3. The Labute approximate surface area is 151 Å². The number of anilines is 1. The lowest BCUT2D eigenvalue weighted by Crippen LogP contribution is -2.51. The molecule has 2 fully saturated rings. The van der Waals surface area contributed by atoms with Gasteiger partial charge >= 0.3 is 0 Å². The zero-order valence-corrected chi connectivity index (χ0v) is 15.7. The minimum Gasteiger partial charge on any atom is -0.399 e. The van der Waals surface area contributed by atoms with Crippen molar-refractivity contribution in [1.82, 2.24) is 14.7 Å². The second kappa shape index (κ2) is 8.19. The topological polar surface area (TPSA) is 52.8 Å². The Morgan fingerprint density at radius 1 is 1.00 bits per heavy atom. The van der Waals surface area contributed by atoms with Crippen LogP contribution in [0.3, 0.4) is 0 Å². The summed E-state index contributed by atoms with van der Waals surface area (Å²) in [5.74, 6) is 0.228. The van der Waals surface area contributed by atoms with Gasteiger partial charge in [-0.05, 0) is 44.4 Å². The van der Waals surface area contributed by atoms with Crippen LogP contribution in [0.4, 0.5) is 5.69 Å². The first-order valence-corrected chi connectivity index (χ1v) is 9.63. The summed E-state index contributed by atoms with van der Waals surface area (Å²) in [6.07, 6.45) is 3.13. The Balaban J connectivity index is 1.40. The van der Waals surface area contributed by atoms with E-state index in [2.05, 4.69) is 23.6 Å². The van der Waals surface area contributed by atoms with Crippen molar-refractivity contribution in [2.24, 2.45) is 0 Å². The van der Waals surface area contributed by atoms with Gasteiger partial charge in [-0.2, -0.15) is 0 Å². The van der Waals surface area contributed by atoms with Gasteiger partial charge in [0.25, 0.3) is 0 Å². The molecule has 5 nitrogen and oxygen atoms in total. The molecule has 0 aliphatic carbocycles. The first kappa shape index (κ1) is 18.2. The third kappa shape index (κ3) is 4.73. The van der Waals surface area contributed by atoms with Crippen LogP contribution in [0.15, 0.2) is 24.3 Å². The lowest BCUT2D eigenvalue weighted by molar-refractivity contribution is -0.132. The van der Waals surface area contributed by atoms with Crippen molar-refractivity contribution in [2.45, 2.75) is 45.2 Å². The van der Waals surface area contributed by atoms with E-state index in [0.717, 1.165) is 62.6 Å². The van der Waals surface area contributed by atoms with Gasteiger partial charge in [-0.3, -0.25) is 14.6 Å². The van der Waals surface area contributed by atoms with Gasteiger partial charge in [-0.25, -0.2) is 0 Å². The number of carbonyl (C=O) groups excluding carboxylic acids is 1. The molecule has 2 aliphatic rings. The zero-order valence-electron chi connectivity index (χ0n) is 15.7. The number of benzene rings is 1. The quantitative estimate of drug-likeness (QED) is 0.828. The number of nitrogens with zero attached hydrogens (tertiary/aromatic N) is 3. The predicted octanol–water partition coefficient (Wildman–Crippen LogP) is 1.83. The minimum absolute atomic E-state index is 0.228. The van der Waals surface area contributed by atoms with Crippen LogP contribution in [0, 0.1) is 0 Å². The summed E-state index contributed by atoms with van der Waals surface area (Å²) >= 11 is 0. The highest BCUT2D eigenvalue weighted by Crippen LogP contribution is 2.22. The highest BCUT2D eigenvalue weighted by molar-refractivity contribution is 5.79. The fourth-order valence-electron chi connectivity index (χ4n) is 4.09. The first-order valence-electron chi connectivity index (χ1n) is 9.63. The van der Waals surface area contributed by atoms with Gasteiger partial charge in [0.15, 0.2) is 0 Å². The third-order valence-corrected chi connectivity index (χ3v) is 5.87. The molecule has 5 heteroatoms. The average Bonchev–Trinajstić information content (AvgIpc) is 2.93. The molecule has 138 valence electrons. The van der Waals surface area contributed by atoms with E-state index in [1.165, 1.54) is 12.8 Å². The molecule has 0 spiro atoms. The fourth-order valence-corrected chi connectivity index (χ4v) is 4.09. The van der Waals surface area contributed by atoms with Crippen molar-refractivity contribution in [3.8, 4) is 0 Å². The zero-order chi connectivity index (χ0) is 17.8. The molecule has 25 heavy (non-hydrogen) atoms. The Morgan fingerprint density at radius 3 is 2.20 bits per heavy atom. The molecule has 1 aromatic carbocycles. The van der Waals surface area contributed by atoms with E-state index in [1.807, 2.05) is 29.2 Å². The monoisotopic (exact) mass is 344 g/mol. The van der Waals surface area contributed by atoms with Gasteiger partial charge in [0.05, 0.1) is 6.42 Å². The maximum atomic E-state index is 12.5. The molecule has 2 atom stereocenters. The van der Waals surface area contributed by atoms with Crippen LogP contribution in [0.2, 0.25) is 0 Å². The van der Waals surface area contributed by atoms with E-state index in [0.29, 0.717) is 6.42 Å². The Hall–Kier alpha value is -1.59. The summed E-state index contributed by atoms with van der Waals surface area (Å²) in [4.78, 5) is 19.6. The summed E-state index contributed by atoms with van der Waals surface area (Å²) in [6.45, 7) is 10.6. The van der Waals surface area contributed by atoms with Crippen LogP contribution in [0.5, 0.6) is 0 Å². The highest BCUT2D eigenvalue weighted by Gasteiger charge is 2.28. The average molecular weight is 345 g/mol. The molecule has 0 aromatic heterocycles.